The first-order valence-corrected chi connectivity index (χ1v) is 6.82. The highest BCUT2D eigenvalue weighted by Crippen LogP contribution is 2.31. The third-order valence-electron chi connectivity index (χ3n) is 3.09. The highest BCUT2D eigenvalue weighted by molar-refractivity contribution is 5.81. The summed E-state index contributed by atoms with van der Waals surface area (Å²) in [5.41, 5.74) is 1.15. The van der Waals surface area contributed by atoms with Crippen LogP contribution in [-0.2, 0) is 24.0 Å². The molecule has 0 saturated heterocycles. The minimum absolute atomic E-state index is 0.141. The summed E-state index contributed by atoms with van der Waals surface area (Å²) < 4.78 is 38.4. The number of hydrogen-bond donors (Lipinski definition) is 0. The van der Waals surface area contributed by atoms with E-state index in [1.165, 1.54) is 18.2 Å². The van der Waals surface area contributed by atoms with E-state index in [1.807, 2.05) is 31.2 Å². The Labute approximate surface area is 127 Å². The summed E-state index contributed by atoms with van der Waals surface area (Å²) in [7, 11) is 0. The molecule has 0 spiro atoms. The lowest BCUT2D eigenvalue weighted by Crippen LogP contribution is -2.08. The molecule has 0 aliphatic rings. The lowest BCUT2D eigenvalue weighted by atomic mass is 10.1. The number of benzene rings is 2. The summed E-state index contributed by atoms with van der Waals surface area (Å²) in [6.45, 7) is 2.23. The van der Waals surface area contributed by atoms with Gasteiger partial charge in [0.05, 0.1) is 5.56 Å². The maximum absolute atomic E-state index is 12.8. The van der Waals surface area contributed by atoms with E-state index in [1.54, 1.807) is 0 Å². The third-order valence-corrected chi connectivity index (χ3v) is 3.09. The van der Waals surface area contributed by atoms with Crippen molar-refractivity contribution < 1.29 is 18.0 Å². The number of hydrogen-bond acceptors (Lipinski definition) is 2. The molecule has 0 aliphatic heterocycles. The number of nitrogens with zero attached hydrogens (tertiary/aromatic N) is 1. The van der Waals surface area contributed by atoms with Crippen LogP contribution in [0.3, 0.4) is 0 Å². The van der Waals surface area contributed by atoms with Gasteiger partial charge < -0.3 is 4.84 Å². The SMILES string of the molecule is CCc1cccc(CO/N=[C]\c2ccccc2C(F)(F)F)c1. The van der Waals surface area contributed by atoms with E-state index in [9.17, 15) is 13.2 Å². The summed E-state index contributed by atoms with van der Waals surface area (Å²) in [5, 5.41) is 3.52. The van der Waals surface area contributed by atoms with Crippen LogP contribution >= 0.6 is 0 Å². The van der Waals surface area contributed by atoms with Crippen LogP contribution in [0.2, 0.25) is 0 Å². The number of aryl methyl sites for hydroxylation is 1. The first kappa shape index (κ1) is 16.1. The fraction of sp³-hybridized carbons (Fsp3) is 0.235. The Bertz CT molecular complexity index is 650. The Morgan fingerprint density at radius 1 is 1.05 bits per heavy atom. The summed E-state index contributed by atoms with van der Waals surface area (Å²) >= 11 is 0. The van der Waals surface area contributed by atoms with Gasteiger partial charge >= 0.3 is 6.18 Å². The fourth-order valence-electron chi connectivity index (χ4n) is 1.96. The van der Waals surface area contributed by atoms with Gasteiger partial charge in [-0.05, 0) is 23.6 Å². The van der Waals surface area contributed by atoms with Crippen LogP contribution in [0.25, 0.3) is 0 Å². The average Bonchev–Trinajstić information content (AvgIpc) is 2.51. The quantitative estimate of drug-likeness (QED) is 0.580. The van der Waals surface area contributed by atoms with Crippen molar-refractivity contribution in [2.75, 3.05) is 0 Å². The Morgan fingerprint density at radius 3 is 2.50 bits per heavy atom. The van der Waals surface area contributed by atoms with Crippen molar-refractivity contribution in [1.82, 2.24) is 0 Å². The van der Waals surface area contributed by atoms with Crippen LogP contribution in [0.4, 0.5) is 13.2 Å². The van der Waals surface area contributed by atoms with Crippen molar-refractivity contribution >= 4 is 6.21 Å². The van der Waals surface area contributed by atoms with Crippen molar-refractivity contribution in [2.24, 2.45) is 5.16 Å². The standard InChI is InChI=1S/C17H15F3NO/c1-2-13-6-5-7-14(10-13)12-22-21-11-15-8-3-4-9-16(15)17(18,19)20/h3-10H,2,12H2,1H3. The molecule has 0 unspecified atom stereocenters. The smallest absolute Gasteiger partial charge is 0.390 e. The van der Waals surface area contributed by atoms with E-state index in [4.69, 9.17) is 4.84 Å². The molecule has 2 aromatic carbocycles. The van der Waals surface area contributed by atoms with Gasteiger partial charge in [-0.25, -0.2) is 0 Å². The molecule has 0 atom stereocenters. The second-order valence-electron chi connectivity index (χ2n) is 4.69. The zero-order chi connectivity index (χ0) is 16.0. The van der Waals surface area contributed by atoms with Crippen LogP contribution in [0.5, 0.6) is 0 Å². The predicted octanol–water partition coefficient (Wildman–Crippen LogP) is 4.70. The largest absolute Gasteiger partial charge is 0.417 e. The molecule has 0 aromatic heterocycles. The lowest BCUT2D eigenvalue weighted by molar-refractivity contribution is -0.137. The Kier molecular flexibility index (Phi) is 5.20. The summed E-state index contributed by atoms with van der Waals surface area (Å²) in [6, 6.07) is 12.9. The van der Waals surface area contributed by atoms with Crippen molar-refractivity contribution in [2.45, 2.75) is 26.1 Å². The maximum Gasteiger partial charge on any atom is 0.417 e. The van der Waals surface area contributed by atoms with E-state index < -0.39 is 11.7 Å². The normalized spacial score (nSPS) is 11.8. The summed E-state index contributed by atoms with van der Waals surface area (Å²) in [4.78, 5) is 5.04. The van der Waals surface area contributed by atoms with Crippen molar-refractivity contribution in [3.8, 4) is 0 Å². The number of rotatable bonds is 5. The molecule has 0 saturated carbocycles. The summed E-state index contributed by atoms with van der Waals surface area (Å²) in [5.74, 6) is 0. The Balaban J connectivity index is 2.01. The molecule has 2 rings (SSSR count). The van der Waals surface area contributed by atoms with Gasteiger partial charge in [-0.3, -0.25) is 0 Å². The lowest BCUT2D eigenvalue weighted by Gasteiger charge is -2.08. The van der Waals surface area contributed by atoms with Gasteiger partial charge in [0.2, 0.25) is 0 Å². The predicted molar refractivity (Wildman–Crippen MR) is 78.6 cm³/mol. The molecule has 0 aliphatic carbocycles. The Morgan fingerprint density at radius 2 is 1.77 bits per heavy atom. The number of alkyl halides is 3. The fourth-order valence-corrected chi connectivity index (χ4v) is 1.96. The molecule has 2 nitrogen and oxygen atoms in total. The van der Waals surface area contributed by atoms with Gasteiger partial charge in [-0.1, -0.05) is 54.5 Å². The molecule has 22 heavy (non-hydrogen) atoms. The minimum atomic E-state index is -4.44. The highest BCUT2D eigenvalue weighted by Gasteiger charge is 2.32. The maximum atomic E-state index is 12.8. The molecular formula is C17H15F3NO. The molecular weight excluding hydrogens is 291 g/mol. The molecule has 0 amide bonds. The van der Waals surface area contributed by atoms with Gasteiger partial charge in [0.1, 0.15) is 12.8 Å². The number of halogens is 3. The zero-order valence-corrected chi connectivity index (χ0v) is 12.0. The monoisotopic (exact) mass is 306 g/mol. The molecule has 0 bridgehead atoms. The summed E-state index contributed by atoms with van der Waals surface area (Å²) in [6.07, 6.45) is -1.23. The van der Waals surface area contributed by atoms with Crippen LogP contribution in [0.1, 0.15) is 29.2 Å². The van der Waals surface area contributed by atoms with Gasteiger partial charge in [0.15, 0.2) is 0 Å². The van der Waals surface area contributed by atoms with Crippen LogP contribution in [-0.4, -0.2) is 6.21 Å². The molecule has 115 valence electrons. The molecule has 0 heterocycles. The molecule has 2 aromatic rings. The van der Waals surface area contributed by atoms with E-state index in [0.717, 1.165) is 23.6 Å². The highest BCUT2D eigenvalue weighted by atomic mass is 19.4. The second-order valence-corrected chi connectivity index (χ2v) is 4.69. The first-order valence-electron chi connectivity index (χ1n) is 6.82. The van der Waals surface area contributed by atoms with Crippen molar-refractivity contribution in [1.29, 1.82) is 0 Å². The average molecular weight is 306 g/mol. The van der Waals surface area contributed by atoms with E-state index in [0.29, 0.717) is 0 Å². The van der Waals surface area contributed by atoms with Crippen LogP contribution in [0, 0.1) is 0 Å². The topological polar surface area (TPSA) is 21.6 Å². The molecule has 1 radical (unpaired) electrons. The second kappa shape index (κ2) is 7.11. The molecule has 5 heteroatoms. The van der Waals surface area contributed by atoms with Gasteiger partial charge in [-0.2, -0.15) is 13.2 Å². The van der Waals surface area contributed by atoms with Crippen molar-refractivity contribution in [3.05, 3.63) is 70.8 Å². The Hall–Kier alpha value is -2.30. The third kappa shape index (κ3) is 4.35. The first-order chi connectivity index (χ1) is 10.5. The van der Waals surface area contributed by atoms with Gasteiger partial charge in [0.25, 0.3) is 0 Å². The minimum Gasteiger partial charge on any atom is -0.390 e. The van der Waals surface area contributed by atoms with Gasteiger partial charge in [-0.15, -0.1) is 0 Å². The van der Waals surface area contributed by atoms with Crippen molar-refractivity contribution in [3.63, 3.8) is 0 Å². The van der Waals surface area contributed by atoms with E-state index in [2.05, 4.69) is 11.4 Å². The van der Waals surface area contributed by atoms with Crippen LogP contribution in [0.15, 0.2) is 53.7 Å². The molecule has 0 fully saturated rings. The zero-order valence-electron chi connectivity index (χ0n) is 12.0. The van der Waals surface area contributed by atoms with E-state index in [-0.39, 0.29) is 12.2 Å². The van der Waals surface area contributed by atoms with Crippen LogP contribution < -0.4 is 0 Å². The van der Waals surface area contributed by atoms with E-state index >= 15 is 0 Å². The molecule has 0 N–H and O–H groups in total. The van der Waals surface area contributed by atoms with Gasteiger partial charge in [0, 0.05) is 5.56 Å².